The van der Waals surface area contributed by atoms with Gasteiger partial charge in [0.25, 0.3) is 0 Å². The van der Waals surface area contributed by atoms with Crippen LogP contribution in [0.5, 0.6) is 0 Å². The number of nitrogens with one attached hydrogen (secondary N) is 2. The summed E-state index contributed by atoms with van der Waals surface area (Å²) < 4.78 is 0. The molecule has 16 heavy (non-hydrogen) atoms. The fourth-order valence-electron chi connectivity index (χ4n) is 1.98. The highest BCUT2D eigenvalue weighted by Gasteiger charge is 2.21. The average molecular weight is 228 g/mol. The minimum atomic E-state index is -0.350. The number of amides is 2. The summed E-state index contributed by atoms with van der Waals surface area (Å²) in [5, 5.41) is 2.95. The van der Waals surface area contributed by atoms with E-state index in [1.165, 1.54) is 12.8 Å². The van der Waals surface area contributed by atoms with E-state index in [0.717, 1.165) is 12.8 Å². The van der Waals surface area contributed by atoms with Crippen LogP contribution in [0.3, 0.4) is 0 Å². The summed E-state index contributed by atoms with van der Waals surface area (Å²) in [7, 11) is 0. The summed E-state index contributed by atoms with van der Waals surface area (Å²) in [6.07, 6.45) is 4.63. The molecule has 0 aromatic heterocycles. The summed E-state index contributed by atoms with van der Waals surface area (Å²) in [6.45, 7) is 7.93. The Morgan fingerprint density at radius 2 is 2.00 bits per heavy atom. The van der Waals surface area contributed by atoms with Crippen LogP contribution in [0.2, 0.25) is 0 Å². The predicted octanol–water partition coefficient (Wildman–Crippen LogP) is 2.59. The molecular formula is C12H24N2O2. The molecule has 2 atom stereocenters. The summed E-state index contributed by atoms with van der Waals surface area (Å²) in [5.74, 6) is 0.711. The average Bonchev–Trinajstić information content (AvgIpc) is 2.14. The largest absolute Gasteiger partial charge is 0.338 e. The normalized spacial score (nSPS) is 26.2. The lowest BCUT2D eigenvalue weighted by Crippen LogP contribution is -2.46. The first-order chi connectivity index (χ1) is 7.37. The van der Waals surface area contributed by atoms with Crippen molar-refractivity contribution in [3.63, 3.8) is 0 Å². The molecule has 0 saturated heterocycles. The van der Waals surface area contributed by atoms with Crippen LogP contribution in [-0.2, 0) is 4.84 Å². The summed E-state index contributed by atoms with van der Waals surface area (Å²) in [4.78, 5) is 16.7. The molecule has 1 rings (SSSR count). The Bertz CT molecular complexity index is 236. The Hall–Kier alpha value is -0.770. The highest BCUT2D eigenvalue weighted by atomic mass is 16.7. The van der Waals surface area contributed by atoms with Crippen LogP contribution in [0.1, 0.15) is 53.4 Å². The molecule has 1 aliphatic rings. The van der Waals surface area contributed by atoms with Crippen LogP contribution in [0.15, 0.2) is 0 Å². The van der Waals surface area contributed by atoms with Gasteiger partial charge in [0.1, 0.15) is 0 Å². The minimum Gasteiger partial charge on any atom is -0.334 e. The minimum absolute atomic E-state index is 0.228. The molecule has 2 N–H and O–H groups in total. The number of rotatable bonds is 2. The van der Waals surface area contributed by atoms with Gasteiger partial charge >= 0.3 is 6.03 Å². The zero-order chi connectivity index (χ0) is 12.2. The second-order valence-corrected chi connectivity index (χ2v) is 5.76. The molecule has 1 aliphatic carbocycles. The van der Waals surface area contributed by atoms with Crippen LogP contribution in [0, 0.1) is 5.92 Å². The molecule has 0 aliphatic heterocycles. The topological polar surface area (TPSA) is 50.4 Å². The Morgan fingerprint density at radius 3 is 2.56 bits per heavy atom. The lowest BCUT2D eigenvalue weighted by atomic mass is 9.87. The van der Waals surface area contributed by atoms with Crippen molar-refractivity contribution in [1.82, 2.24) is 10.8 Å². The van der Waals surface area contributed by atoms with Crippen LogP contribution < -0.4 is 10.8 Å². The van der Waals surface area contributed by atoms with Gasteiger partial charge in [-0.25, -0.2) is 10.3 Å². The van der Waals surface area contributed by atoms with Gasteiger partial charge in [-0.15, -0.1) is 0 Å². The standard InChI is InChI=1S/C12H24N2O2/c1-9-6-5-7-10(8-9)13-11(15)14-16-12(2,3)4/h9-10H,5-8H2,1-4H3,(H2,13,14,15). The van der Waals surface area contributed by atoms with E-state index in [9.17, 15) is 4.79 Å². The van der Waals surface area contributed by atoms with Gasteiger partial charge in [-0.1, -0.05) is 19.8 Å². The summed E-state index contributed by atoms with van der Waals surface area (Å²) >= 11 is 0. The van der Waals surface area contributed by atoms with Crippen LogP contribution in [0.4, 0.5) is 4.79 Å². The number of urea groups is 1. The van der Waals surface area contributed by atoms with Crippen molar-refractivity contribution in [1.29, 1.82) is 0 Å². The second-order valence-electron chi connectivity index (χ2n) is 5.76. The molecule has 2 amide bonds. The molecule has 4 nitrogen and oxygen atoms in total. The molecule has 4 heteroatoms. The summed E-state index contributed by atoms with van der Waals surface area (Å²) in [5.41, 5.74) is 2.08. The molecule has 0 heterocycles. The number of hydrogen-bond donors (Lipinski definition) is 2. The fourth-order valence-corrected chi connectivity index (χ4v) is 1.98. The van der Waals surface area contributed by atoms with E-state index in [1.807, 2.05) is 20.8 Å². The third-order valence-electron chi connectivity index (χ3n) is 2.72. The van der Waals surface area contributed by atoms with E-state index in [0.29, 0.717) is 12.0 Å². The summed E-state index contributed by atoms with van der Waals surface area (Å²) in [6, 6.07) is 0.0707. The first-order valence-electron chi connectivity index (χ1n) is 6.11. The van der Waals surface area contributed by atoms with E-state index < -0.39 is 0 Å². The third kappa shape index (κ3) is 5.35. The highest BCUT2D eigenvalue weighted by Crippen LogP contribution is 2.23. The van der Waals surface area contributed by atoms with Gasteiger partial charge < -0.3 is 5.32 Å². The van der Waals surface area contributed by atoms with E-state index in [2.05, 4.69) is 17.7 Å². The van der Waals surface area contributed by atoms with Crippen LogP contribution in [-0.4, -0.2) is 17.7 Å². The van der Waals surface area contributed by atoms with Gasteiger partial charge in [0.2, 0.25) is 0 Å². The van der Waals surface area contributed by atoms with E-state index in [1.54, 1.807) is 0 Å². The lowest BCUT2D eigenvalue weighted by Gasteiger charge is -2.28. The number of hydrogen-bond acceptors (Lipinski definition) is 2. The quantitative estimate of drug-likeness (QED) is 0.714. The number of carbonyl (C=O) groups excluding carboxylic acids is 1. The van der Waals surface area contributed by atoms with Crippen molar-refractivity contribution in [2.45, 2.75) is 65.0 Å². The molecule has 0 bridgehead atoms. The van der Waals surface area contributed by atoms with E-state index >= 15 is 0 Å². The first kappa shape index (κ1) is 13.3. The van der Waals surface area contributed by atoms with Crippen LogP contribution >= 0.6 is 0 Å². The molecule has 1 saturated carbocycles. The monoisotopic (exact) mass is 228 g/mol. The molecule has 0 aromatic rings. The molecule has 0 radical (unpaired) electrons. The van der Waals surface area contributed by atoms with Gasteiger partial charge in [0.15, 0.2) is 0 Å². The lowest BCUT2D eigenvalue weighted by molar-refractivity contribution is -0.0534. The highest BCUT2D eigenvalue weighted by molar-refractivity contribution is 5.73. The Morgan fingerprint density at radius 1 is 1.31 bits per heavy atom. The van der Waals surface area contributed by atoms with Crippen LogP contribution in [0.25, 0.3) is 0 Å². The van der Waals surface area contributed by atoms with Gasteiger partial charge in [-0.05, 0) is 39.5 Å². The Labute approximate surface area is 98.1 Å². The van der Waals surface area contributed by atoms with Crippen molar-refractivity contribution < 1.29 is 9.63 Å². The van der Waals surface area contributed by atoms with Crippen molar-refractivity contribution in [2.75, 3.05) is 0 Å². The first-order valence-corrected chi connectivity index (χ1v) is 6.11. The maximum Gasteiger partial charge on any atom is 0.338 e. The second kappa shape index (κ2) is 5.53. The Kier molecular flexibility index (Phi) is 4.59. The smallest absolute Gasteiger partial charge is 0.334 e. The maximum atomic E-state index is 11.5. The van der Waals surface area contributed by atoms with Gasteiger partial charge in [-0.2, -0.15) is 0 Å². The van der Waals surface area contributed by atoms with Crippen molar-refractivity contribution >= 4 is 6.03 Å². The molecule has 0 aromatic carbocycles. The predicted molar refractivity (Wildman–Crippen MR) is 63.9 cm³/mol. The zero-order valence-corrected chi connectivity index (χ0v) is 10.8. The van der Waals surface area contributed by atoms with Gasteiger partial charge in [0, 0.05) is 6.04 Å². The number of carbonyl (C=O) groups is 1. The maximum absolute atomic E-state index is 11.5. The SMILES string of the molecule is CC1CCCC(NC(=O)NOC(C)(C)C)C1. The molecular weight excluding hydrogens is 204 g/mol. The molecule has 2 unspecified atom stereocenters. The van der Waals surface area contributed by atoms with E-state index in [-0.39, 0.29) is 11.6 Å². The zero-order valence-electron chi connectivity index (χ0n) is 10.8. The van der Waals surface area contributed by atoms with Crippen molar-refractivity contribution in [3.05, 3.63) is 0 Å². The molecule has 94 valence electrons. The van der Waals surface area contributed by atoms with Crippen molar-refractivity contribution in [3.8, 4) is 0 Å². The number of hydroxylamine groups is 1. The fraction of sp³-hybridized carbons (Fsp3) is 0.917. The Balaban J connectivity index is 2.23. The van der Waals surface area contributed by atoms with Crippen molar-refractivity contribution in [2.24, 2.45) is 5.92 Å². The van der Waals surface area contributed by atoms with E-state index in [4.69, 9.17) is 4.84 Å². The van der Waals surface area contributed by atoms with Gasteiger partial charge in [0.05, 0.1) is 5.60 Å². The van der Waals surface area contributed by atoms with Gasteiger partial charge in [-0.3, -0.25) is 4.84 Å². The molecule has 1 fully saturated rings. The third-order valence-corrected chi connectivity index (χ3v) is 2.72. The molecule has 0 spiro atoms.